The van der Waals surface area contributed by atoms with Crippen molar-refractivity contribution in [3.8, 4) is 0 Å². The van der Waals surface area contributed by atoms with Crippen LogP contribution >= 0.6 is 0 Å². The summed E-state index contributed by atoms with van der Waals surface area (Å²) in [6.45, 7) is 10.6. The molecule has 1 aromatic carbocycles. The van der Waals surface area contributed by atoms with Crippen molar-refractivity contribution in [1.82, 2.24) is 4.90 Å². The van der Waals surface area contributed by atoms with Gasteiger partial charge in [0.25, 0.3) is 5.91 Å². The second-order valence-electron chi connectivity index (χ2n) is 9.19. The first kappa shape index (κ1) is 23.5. The zero-order valence-corrected chi connectivity index (χ0v) is 19.3. The van der Waals surface area contributed by atoms with E-state index < -0.39 is 0 Å². The fourth-order valence-corrected chi connectivity index (χ4v) is 3.29. The lowest BCUT2D eigenvalue weighted by molar-refractivity contribution is -0.117. The van der Waals surface area contributed by atoms with Crippen molar-refractivity contribution >= 4 is 23.2 Å². The molecular formula is C24H35N3O3. The van der Waals surface area contributed by atoms with Crippen LogP contribution in [-0.2, 0) is 11.3 Å². The smallest absolute Gasteiger partial charge is 0.290 e. The van der Waals surface area contributed by atoms with E-state index in [-0.39, 0.29) is 23.3 Å². The van der Waals surface area contributed by atoms with Crippen molar-refractivity contribution in [2.45, 2.75) is 60.0 Å². The molecule has 30 heavy (non-hydrogen) atoms. The predicted octanol–water partition coefficient (Wildman–Crippen LogP) is 5.16. The third kappa shape index (κ3) is 6.37. The summed E-state index contributed by atoms with van der Waals surface area (Å²) in [7, 11) is 3.94. The van der Waals surface area contributed by atoms with Crippen LogP contribution in [0.2, 0.25) is 0 Å². The second kappa shape index (κ2) is 9.83. The number of carbonyl (C=O) groups excluding carboxylic acids is 2. The Morgan fingerprint density at radius 2 is 1.87 bits per heavy atom. The molecule has 0 aliphatic carbocycles. The summed E-state index contributed by atoms with van der Waals surface area (Å²) in [5.41, 5.74) is 2.62. The number of anilines is 2. The maximum absolute atomic E-state index is 13.1. The Morgan fingerprint density at radius 3 is 2.40 bits per heavy atom. The van der Waals surface area contributed by atoms with Gasteiger partial charge >= 0.3 is 0 Å². The molecule has 0 saturated carbocycles. The Hall–Kier alpha value is -2.76. The molecule has 1 atom stereocenters. The van der Waals surface area contributed by atoms with Crippen LogP contribution in [0.3, 0.4) is 0 Å². The quantitative estimate of drug-likeness (QED) is 0.649. The molecule has 2 amide bonds. The third-order valence-electron chi connectivity index (χ3n) is 4.99. The lowest BCUT2D eigenvalue weighted by Gasteiger charge is -2.30. The molecule has 1 heterocycles. The molecule has 0 fully saturated rings. The molecule has 164 valence electrons. The molecule has 1 N–H and O–H groups in total. The van der Waals surface area contributed by atoms with Crippen LogP contribution in [0.25, 0.3) is 0 Å². The van der Waals surface area contributed by atoms with Crippen LogP contribution in [0.15, 0.2) is 41.0 Å². The van der Waals surface area contributed by atoms with E-state index >= 15 is 0 Å². The Morgan fingerprint density at radius 1 is 1.17 bits per heavy atom. The molecule has 1 unspecified atom stereocenters. The monoisotopic (exact) mass is 413 g/mol. The first-order valence-electron chi connectivity index (χ1n) is 10.5. The second-order valence-corrected chi connectivity index (χ2v) is 9.19. The molecule has 0 bridgehead atoms. The van der Waals surface area contributed by atoms with E-state index in [0.29, 0.717) is 18.7 Å². The molecule has 6 nitrogen and oxygen atoms in total. The highest BCUT2D eigenvalue weighted by molar-refractivity contribution is 5.92. The first-order valence-corrected chi connectivity index (χ1v) is 10.5. The normalized spacial score (nSPS) is 12.4. The molecule has 0 aliphatic rings. The van der Waals surface area contributed by atoms with E-state index in [0.717, 1.165) is 23.4 Å². The summed E-state index contributed by atoms with van der Waals surface area (Å²) >= 11 is 0. The zero-order valence-electron chi connectivity index (χ0n) is 19.3. The molecule has 2 aromatic rings. The number of nitrogens with zero attached hydrogens (tertiary/aromatic N) is 2. The molecule has 0 spiro atoms. The number of nitrogens with one attached hydrogen (secondary N) is 1. The van der Waals surface area contributed by atoms with Gasteiger partial charge in [-0.05, 0) is 54.7 Å². The van der Waals surface area contributed by atoms with Crippen molar-refractivity contribution in [2.24, 2.45) is 5.41 Å². The van der Waals surface area contributed by atoms with Gasteiger partial charge in [-0.25, -0.2) is 0 Å². The Kier molecular flexibility index (Phi) is 7.71. The molecular weight excluding hydrogens is 378 g/mol. The summed E-state index contributed by atoms with van der Waals surface area (Å²) in [6.07, 6.45) is 2.78. The maximum atomic E-state index is 13.1. The molecule has 0 saturated heterocycles. The van der Waals surface area contributed by atoms with Crippen molar-refractivity contribution in [2.75, 3.05) is 24.3 Å². The number of hydrogen-bond acceptors (Lipinski definition) is 4. The summed E-state index contributed by atoms with van der Waals surface area (Å²) in [5.74, 6) is 0.175. The fourth-order valence-electron chi connectivity index (χ4n) is 3.29. The van der Waals surface area contributed by atoms with E-state index in [1.54, 1.807) is 12.1 Å². The maximum Gasteiger partial charge on any atom is 0.290 e. The average Bonchev–Trinajstić information content (AvgIpc) is 3.18. The Labute approximate surface area is 180 Å². The highest BCUT2D eigenvalue weighted by Crippen LogP contribution is 2.27. The first-order chi connectivity index (χ1) is 14.0. The van der Waals surface area contributed by atoms with E-state index in [9.17, 15) is 9.59 Å². The van der Waals surface area contributed by atoms with Crippen molar-refractivity contribution in [3.05, 3.63) is 47.9 Å². The number of hydrogen-bond donors (Lipinski definition) is 1. The van der Waals surface area contributed by atoms with Crippen molar-refractivity contribution in [3.63, 3.8) is 0 Å². The van der Waals surface area contributed by atoms with E-state index in [1.807, 2.05) is 69.8 Å². The molecule has 0 radical (unpaired) electrons. The molecule has 6 heteroatoms. The molecule has 0 aliphatic heterocycles. The van der Waals surface area contributed by atoms with Crippen molar-refractivity contribution < 1.29 is 14.0 Å². The van der Waals surface area contributed by atoms with E-state index in [4.69, 9.17) is 4.42 Å². The van der Waals surface area contributed by atoms with Gasteiger partial charge in [0, 0.05) is 44.5 Å². The van der Waals surface area contributed by atoms with Crippen LogP contribution in [0.4, 0.5) is 11.4 Å². The summed E-state index contributed by atoms with van der Waals surface area (Å²) in [5, 5.41) is 3.00. The van der Waals surface area contributed by atoms with Gasteiger partial charge < -0.3 is 19.5 Å². The van der Waals surface area contributed by atoms with Crippen molar-refractivity contribution in [1.29, 1.82) is 0 Å². The number of carbonyl (C=O) groups is 2. The minimum Gasteiger partial charge on any atom is -0.459 e. The minimum absolute atomic E-state index is 0.0171. The topological polar surface area (TPSA) is 65.8 Å². The van der Waals surface area contributed by atoms with Gasteiger partial charge in [0.05, 0.1) is 6.26 Å². The number of furan rings is 1. The van der Waals surface area contributed by atoms with Crippen LogP contribution < -0.4 is 10.2 Å². The van der Waals surface area contributed by atoms with Crippen LogP contribution in [0.5, 0.6) is 0 Å². The molecule has 2 rings (SSSR count). The fraction of sp³-hybridized carbons (Fsp3) is 0.500. The van der Waals surface area contributed by atoms with Gasteiger partial charge in [0.2, 0.25) is 5.91 Å². The van der Waals surface area contributed by atoms with E-state index in [2.05, 4.69) is 12.2 Å². The van der Waals surface area contributed by atoms with Crippen LogP contribution in [0, 0.1) is 5.41 Å². The third-order valence-corrected chi connectivity index (χ3v) is 4.99. The van der Waals surface area contributed by atoms with Gasteiger partial charge in [0.15, 0.2) is 5.76 Å². The highest BCUT2D eigenvalue weighted by Gasteiger charge is 2.24. The number of benzene rings is 1. The van der Waals surface area contributed by atoms with Gasteiger partial charge in [-0.1, -0.05) is 27.7 Å². The lowest BCUT2D eigenvalue weighted by Crippen LogP contribution is -2.38. The average molecular weight is 414 g/mol. The van der Waals surface area contributed by atoms with Gasteiger partial charge in [-0.2, -0.15) is 0 Å². The SMILES string of the molecule is CCC(C)N(Cc1cc(NC(=O)CC(C)(C)C)ccc1N(C)C)C(=O)c1ccco1. The minimum atomic E-state index is -0.138. The van der Waals surface area contributed by atoms with Crippen LogP contribution in [0.1, 0.15) is 63.6 Å². The Bertz CT molecular complexity index is 851. The lowest BCUT2D eigenvalue weighted by atomic mass is 9.92. The number of amides is 2. The molecule has 1 aromatic heterocycles. The highest BCUT2D eigenvalue weighted by atomic mass is 16.3. The summed E-state index contributed by atoms with van der Waals surface area (Å²) < 4.78 is 5.35. The number of rotatable bonds is 8. The summed E-state index contributed by atoms with van der Waals surface area (Å²) in [4.78, 5) is 29.3. The van der Waals surface area contributed by atoms with Gasteiger partial charge in [-0.15, -0.1) is 0 Å². The van der Waals surface area contributed by atoms with Gasteiger partial charge in [-0.3, -0.25) is 9.59 Å². The van der Waals surface area contributed by atoms with Gasteiger partial charge in [0.1, 0.15) is 0 Å². The summed E-state index contributed by atoms with van der Waals surface area (Å²) in [6, 6.07) is 9.29. The Balaban J connectivity index is 2.33. The standard InChI is InChI=1S/C24H35N3O3/c1-8-17(2)27(23(29)21-10-9-13-30-21)16-18-14-19(11-12-20(18)26(6)7)25-22(28)15-24(3,4)5/h9-14,17H,8,15-16H2,1-7H3,(H,25,28). The zero-order chi connectivity index (χ0) is 22.5. The van der Waals surface area contributed by atoms with E-state index in [1.165, 1.54) is 6.26 Å². The predicted molar refractivity (Wildman–Crippen MR) is 122 cm³/mol. The largest absolute Gasteiger partial charge is 0.459 e. The van der Waals surface area contributed by atoms with Crippen LogP contribution in [-0.4, -0.2) is 36.9 Å².